The molecule has 15 heteroatoms. The summed E-state index contributed by atoms with van der Waals surface area (Å²) < 4.78 is 38.9. The summed E-state index contributed by atoms with van der Waals surface area (Å²) in [5.41, 5.74) is 0.749. The normalized spacial score (nSPS) is 18.6. The molecule has 1 fully saturated rings. The number of carbonyl (C=O) groups excluding carboxylic acids is 2. The summed E-state index contributed by atoms with van der Waals surface area (Å²) >= 11 is 1.07. The number of β-lactam (4-membered cyclic amide) rings is 1. The van der Waals surface area contributed by atoms with Crippen LogP contribution in [-0.2, 0) is 33.5 Å². The molecule has 29 heavy (non-hydrogen) atoms. The van der Waals surface area contributed by atoms with Crippen molar-refractivity contribution >= 4 is 34.1 Å². The van der Waals surface area contributed by atoms with E-state index in [0.717, 1.165) is 17.3 Å². The number of thioether (sulfide) groups is 1. The fourth-order valence-electron chi connectivity index (χ4n) is 2.52. The first-order valence-electron chi connectivity index (χ1n) is 7.90. The average molecular weight is 452 g/mol. The molecule has 0 spiro atoms. The molecule has 2 heterocycles. The molecule has 152 valence electrons. The van der Waals surface area contributed by atoms with Gasteiger partial charge in [0.25, 0.3) is 5.91 Å². The van der Waals surface area contributed by atoms with Gasteiger partial charge in [-0.1, -0.05) is 42.1 Å². The van der Waals surface area contributed by atoms with Crippen molar-refractivity contribution in [3.8, 4) is 0 Å². The Labute approximate surface area is 194 Å². The standard InChI is InChI=1S/C14H16N6O6S2.Na.H/c1-19-13(16-17-18-19)27-8-10-11(12(21)20(10)28(23,24)25)15-14(22)26-7-9-5-3-2-4-6-9;;/h2-6,10-11H,7-8H2,1H3,(H,15,22)(H,23,24,25);;/q;+1;-1. The number of carbonyl (C=O) groups is 2. The van der Waals surface area contributed by atoms with Crippen molar-refractivity contribution in [1.82, 2.24) is 29.8 Å². The molecule has 2 N–H and O–H groups in total. The molecule has 2 atom stereocenters. The molecule has 2 aromatic rings. The predicted molar refractivity (Wildman–Crippen MR) is 96.4 cm³/mol. The van der Waals surface area contributed by atoms with E-state index in [-0.39, 0.29) is 43.3 Å². The summed E-state index contributed by atoms with van der Waals surface area (Å²) in [5.74, 6) is -0.940. The minimum atomic E-state index is -4.77. The molecule has 0 aliphatic carbocycles. The third-order valence-electron chi connectivity index (χ3n) is 3.87. The summed E-state index contributed by atoms with van der Waals surface area (Å²) in [6, 6.07) is 6.71. The number of nitrogens with one attached hydrogen (secondary N) is 1. The molecular weight excluding hydrogens is 435 g/mol. The number of aryl methyl sites for hydroxylation is 1. The van der Waals surface area contributed by atoms with Gasteiger partial charge >= 0.3 is 46.0 Å². The Kier molecular flexibility index (Phi) is 8.02. The number of tetrazole rings is 1. The zero-order valence-electron chi connectivity index (χ0n) is 16.5. The molecule has 1 aromatic carbocycles. The quantitative estimate of drug-likeness (QED) is 0.189. The fraction of sp³-hybridized carbons (Fsp3) is 0.357. The molecule has 2 amide bonds. The third-order valence-corrected chi connectivity index (χ3v) is 5.93. The van der Waals surface area contributed by atoms with Crippen LogP contribution in [-0.4, -0.2) is 67.3 Å². The van der Waals surface area contributed by atoms with Crippen LogP contribution in [0, 0.1) is 0 Å². The number of nitrogens with zero attached hydrogens (tertiary/aromatic N) is 5. The van der Waals surface area contributed by atoms with Crippen molar-refractivity contribution in [2.24, 2.45) is 7.05 Å². The van der Waals surface area contributed by atoms with Gasteiger partial charge in [0.1, 0.15) is 12.6 Å². The maximum absolute atomic E-state index is 12.1. The number of alkyl carbamates (subject to hydrolysis) is 1. The van der Waals surface area contributed by atoms with Crippen molar-refractivity contribution in [3.05, 3.63) is 35.9 Å². The van der Waals surface area contributed by atoms with Crippen LogP contribution in [0.25, 0.3) is 0 Å². The van der Waals surface area contributed by atoms with Crippen LogP contribution in [0.4, 0.5) is 4.79 Å². The molecule has 1 aliphatic rings. The summed E-state index contributed by atoms with van der Waals surface area (Å²) in [6.45, 7) is -0.0143. The molecule has 0 radical (unpaired) electrons. The molecular formula is C14H17N6NaO6S2. The van der Waals surface area contributed by atoms with Crippen molar-refractivity contribution in [3.63, 3.8) is 0 Å². The second kappa shape index (κ2) is 9.86. The van der Waals surface area contributed by atoms with Gasteiger partial charge in [-0.05, 0) is 16.0 Å². The van der Waals surface area contributed by atoms with Crippen LogP contribution in [0.3, 0.4) is 0 Å². The maximum atomic E-state index is 12.1. The monoisotopic (exact) mass is 452 g/mol. The molecule has 1 aliphatic heterocycles. The van der Waals surface area contributed by atoms with Gasteiger partial charge in [0.05, 0.1) is 6.04 Å². The number of amides is 2. The van der Waals surface area contributed by atoms with Gasteiger partial charge in [-0.15, -0.1) is 5.10 Å². The largest absolute Gasteiger partial charge is 1.00 e. The minimum Gasteiger partial charge on any atom is -1.00 e. The molecule has 12 nitrogen and oxygen atoms in total. The Bertz CT molecular complexity index is 978. The first kappa shape index (κ1) is 23.6. The van der Waals surface area contributed by atoms with Gasteiger partial charge in [-0.25, -0.2) is 13.8 Å². The second-order valence-electron chi connectivity index (χ2n) is 5.76. The van der Waals surface area contributed by atoms with Crippen LogP contribution in [0.5, 0.6) is 0 Å². The second-order valence-corrected chi connectivity index (χ2v) is 8.04. The molecule has 0 saturated carbocycles. The van der Waals surface area contributed by atoms with E-state index in [1.54, 1.807) is 31.3 Å². The van der Waals surface area contributed by atoms with E-state index in [1.807, 2.05) is 6.07 Å². The Morgan fingerprint density at radius 3 is 2.66 bits per heavy atom. The van der Waals surface area contributed by atoms with E-state index in [9.17, 15) is 22.6 Å². The number of hydrogen-bond acceptors (Lipinski definition) is 9. The third kappa shape index (κ3) is 5.67. The topological polar surface area (TPSA) is 157 Å². The summed E-state index contributed by atoms with van der Waals surface area (Å²) in [4.78, 5) is 24.1. The first-order chi connectivity index (χ1) is 13.3. The molecule has 2 unspecified atom stereocenters. The Balaban J connectivity index is 0.00000225. The van der Waals surface area contributed by atoms with Crippen molar-refractivity contribution < 1.29 is 58.3 Å². The van der Waals surface area contributed by atoms with Crippen molar-refractivity contribution in [2.45, 2.75) is 23.8 Å². The molecule has 0 bridgehead atoms. The Morgan fingerprint density at radius 2 is 2.07 bits per heavy atom. The fourth-order valence-corrected chi connectivity index (χ4v) is 4.47. The van der Waals surface area contributed by atoms with Gasteiger partial charge in [0.2, 0.25) is 5.16 Å². The predicted octanol–water partition coefficient (Wildman–Crippen LogP) is -3.27. The number of aromatic nitrogens is 4. The minimum absolute atomic E-state index is 0. The molecule has 1 saturated heterocycles. The summed E-state index contributed by atoms with van der Waals surface area (Å²) in [6.07, 6.45) is -0.882. The van der Waals surface area contributed by atoms with Gasteiger partial charge in [-0.2, -0.15) is 8.42 Å². The number of benzene rings is 1. The smallest absolute Gasteiger partial charge is 1.00 e. The summed E-state index contributed by atoms with van der Waals surface area (Å²) in [7, 11) is -3.18. The maximum Gasteiger partial charge on any atom is 1.00 e. The van der Waals surface area contributed by atoms with Gasteiger partial charge < -0.3 is 11.5 Å². The van der Waals surface area contributed by atoms with Gasteiger partial charge in [-0.3, -0.25) is 9.35 Å². The van der Waals surface area contributed by atoms with Crippen LogP contribution in [0.2, 0.25) is 0 Å². The summed E-state index contributed by atoms with van der Waals surface area (Å²) in [5, 5.41) is 13.5. The van der Waals surface area contributed by atoms with Gasteiger partial charge in [0.15, 0.2) is 0 Å². The molecule has 1 aromatic heterocycles. The van der Waals surface area contributed by atoms with E-state index < -0.39 is 34.4 Å². The van der Waals surface area contributed by atoms with Crippen LogP contribution in [0.15, 0.2) is 35.5 Å². The van der Waals surface area contributed by atoms with E-state index in [4.69, 9.17) is 4.74 Å². The Morgan fingerprint density at radius 1 is 1.38 bits per heavy atom. The van der Waals surface area contributed by atoms with Crippen LogP contribution >= 0.6 is 11.8 Å². The number of hydrogen-bond donors (Lipinski definition) is 2. The average Bonchev–Trinajstić information content (AvgIpc) is 3.05. The SMILES string of the molecule is Cn1nnnc1SCC1C(NC(=O)OCc2ccccc2)C(=O)N1S(=O)(=O)O.[H-].[Na+]. The van der Waals surface area contributed by atoms with E-state index in [0.29, 0.717) is 9.46 Å². The van der Waals surface area contributed by atoms with E-state index >= 15 is 0 Å². The van der Waals surface area contributed by atoms with E-state index in [1.165, 1.54) is 4.68 Å². The zero-order chi connectivity index (χ0) is 20.3. The Hall–Kier alpha value is -1.71. The van der Waals surface area contributed by atoms with Gasteiger partial charge in [0, 0.05) is 12.8 Å². The van der Waals surface area contributed by atoms with Crippen LogP contribution in [0.1, 0.15) is 6.99 Å². The number of rotatable bonds is 7. The van der Waals surface area contributed by atoms with Crippen LogP contribution < -0.4 is 34.9 Å². The number of ether oxygens (including phenoxy) is 1. The molecule has 3 rings (SSSR count). The first-order valence-corrected chi connectivity index (χ1v) is 10.3. The van der Waals surface area contributed by atoms with E-state index in [2.05, 4.69) is 20.8 Å². The van der Waals surface area contributed by atoms with Crippen molar-refractivity contribution in [2.75, 3.05) is 5.75 Å². The zero-order valence-corrected chi connectivity index (χ0v) is 19.1. The van der Waals surface area contributed by atoms with Crippen molar-refractivity contribution in [1.29, 1.82) is 0 Å².